The van der Waals surface area contributed by atoms with Crippen molar-refractivity contribution in [3.05, 3.63) is 34.9 Å². The Balaban J connectivity index is 0.00000676. The van der Waals surface area contributed by atoms with Crippen LogP contribution >= 0.6 is 35.6 Å². The lowest BCUT2D eigenvalue weighted by Crippen LogP contribution is -2.40. The number of rotatable bonds is 10. The van der Waals surface area contributed by atoms with Crippen LogP contribution in [0.4, 0.5) is 0 Å². The summed E-state index contributed by atoms with van der Waals surface area (Å²) in [5.41, 5.74) is 1.05. The molecule has 0 spiro atoms. The Morgan fingerprint density at radius 1 is 1.19 bits per heavy atom. The summed E-state index contributed by atoms with van der Waals surface area (Å²) in [4.78, 5) is 6.98. The van der Waals surface area contributed by atoms with Gasteiger partial charge in [-0.3, -0.25) is 9.89 Å². The maximum absolute atomic E-state index is 11.3. The Morgan fingerprint density at radius 3 is 2.33 bits per heavy atom. The number of aliphatic imine (C=N–C) groups is 1. The molecule has 0 saturated carbocycles. The van der Waals surface area contributed by atoms with Crippen LogP contribution in [0.5, 0.6) is 0 Å². The summed E-state index contributed by atoms with van der Waals surface area (Å²) in [6.45, 7) is 9.54. The molecule has 1 atom stereocenters. The maximum atomic E-state index is 11.3. The first kappa shape index (κ1) is 26.4. The molecular weight excluding hydrogens is 499 g/mol. The first-order chi connectivity index (χ1) is 12.3. The van der Waals surface area contributed by atoms with Crippen LogP contribution in [0.3, 0.4) is 0 Å². The van der Waals surface area contributed by atoms with Crippen LogP contribution in [-0.4, -0.2) is 64.0 Å². The number of sulfone groups is 1. The summed E-state index contributed by atoms with van der Waals surface area (Å²) in [6.07, 6.45) is 1.23. The van der Waals surface area contributed by atoms with E-state index in [0.29, 0.717) is 25.6 Å². The van der Waals surface area contributed by atoms with Crippen LogP contribution in [0.25, 0.3) is 0 Å². The largest absolute Gasteiger partial charge is 0.357 e. The number of halogens is 2. The lowest BCUT2D eigenvalue weighted by Gasteiger charge is -2.29. The molecule has 0 radical (unpaired) electrons. The second kappa shape index (κ2) is 13.6. The fraction of sp³-hybridized carbons (Fsp3) is 0.611. The maximum Gasteiger partial charge on any atom is 0.191 e. The second-order valence-corrected chi connectivity index (χ2v) is 8.70. The van der Waals surface area contributed by atoms with Crippen molar-refractivity contribution in [3.63, 3.8) is 0 Å². The molecule has 0 bridgehead atoms. The molecule has 6 nitrogen and oxygen atoms in total. The van der Waals surface area contributed by atoms with Gasteiger partial charge in [-0.25, -0.2) is 8.42 Å². The number of nitrogens with zero attached hydrogens (tertiary/aromatic N) is 2. The van der Waals surface area contributed by atoms with Crippen molar-refractivity contribution in [2.24, 2.45) is 4.99 Å². The summed E-state index contributed by atoms with van der Waals surface area (Å²) in [5.74, 6) is 0.682. The first-order valence-corrected chi connectivity index (χ1v) is 11.4. The van der Waals surface area contributed by atoms with Gasteiger partial charge in [0.15, 0.2) is 5.96 Å². The lowest BCUT2D eigenvalue weighted by molar-refractivity contribution is 0.224. The number of likely N-dealkylation sites (N-methyl/N-ethyl adjacent to an activating group) is 1. The van der Waals surface area contributed by atoms with Crippen LogP contribution in [-0.2, 0) is 9.84 Å². The molecule has 1 rings (SSSR count). The Morgan fingerprint density at radius 2 is 1.81 bits per heavy atom. The number of nitrogens with one attached hydrogen (secondary N) is 2. The van der Waals surface area contributed by atoms with Crippen LogP contribution in [0.2, 0.25) is 5.02 Å². The van der Waals surface area contributed by atoms with Gasteiger partial charge in [0.1, 0.15) is 9.84 Å². The van der Waals surface area contributed by atoms with E-state index in [4.69, 9.17) is 11.6 Å². The zero-order valence-corrected chi connectivity index (χ0v) is 20.4. The van der Waals surface area contributed by atoms with Gasteiger partial charge in [-0.15, -0.1) is 24.0 Å². The Hall–Kier alpha value is -0.580. The topological polar surface area (TPSA) is 73.8 Å². The highest BCUT2D eigenvalue weighted by Gasteiger charge is 2.20. The van der Waals surface area contributed by atoms with Gasteiger partial charge in [0.05, 0.1) is 18.3 Å². The quantitative estimate of drug-likeness (QED) is 0.276. The van der Waals surface area contributed by atoms with Crippen molar-refractivity contribution in [1.82, 2.24) is 15.5 Å². The van der Waals surface area contributed by atoms with Gasteiger partial charge in [0, 0.05) is 24.4 Å². The van der Waals surface area contributed by atoms with Crippen LogP contribution in [0, 0.1) is 0 Å². The summed E-state index contributed by atoms with van der Waals surface area (Å²) in [5, 5.41) is 6.97. The van der Waals surface area contributed by atoms with E-state index in [9.17, 15) is 8.42 Å². The molecule has 1 unspecified atom stereocenters. The van der Waals surface area contributed by atoms with E-state index in [1.165, 1.54) is 6.26 Å². The molecule has 0 aliphatic heterocycles. The van der Waals surface area contributed by atoms with Gasteiger partial charge in [-0.2, -0.15) is 0 Å². The summed E-state index contributed by atoms with van der Waals surface area (Å²) >= 11 is 6.41. The molecule has 0 amide bonds. The predicted molar refractivity (Wildman–Crippen MR) is 126 cm³/mol. The van der Waals surface area contributed by atoms with Gasteiger partial charge >= 0.3 is 0 Å². The molecule has 0 fully saturated rings. The Kier molecular flexibility index (Phi) is 13.3. The summed E-state index contributed by atoms with van der Waals surface area (Å²) < 4.78 is 22.6. The van der Waals surface area contributed by atoms with Crippen molar-refractivity contribution in [2.75, 3.05) is 44.7 Å². The molecular formula is C18H32ClIN4O2S. The number of hydrogen-bond donors (Lipinski definition) is 2. The van der Waals surface area contributed by atoms with E-state index in [2.05, 4.69) is 34.4 Å². The molecule has 0 heterocycles. The predicted octanol–water partition coefficient (Wildman–Crippen LogP) is 2.94. The molecule has 1 aromatic carbocycles. The summed E-state index contributed by atoms with van der Waals surface area (Å²) in [6, 6.07) is 7.89. The highest BCUT2D eigenvalue weighted by Crippen LogP contribution is 2.27. The van der Waals surface area contributed by atoms with Crippen LogP contribution in [0.15, 0.2) is 29.3 Å². The minimum Gasteiger partial charge on any atom is -0.357 e. The van der Waals surface area contributed by atoms with E-state index in [1.807, 2.05) is 31.2 Å². The average Bonchev–Trinajstić information content (AvgIpc) is 2.58. The molecule has 1 aromatic rings. The van der Waals surface area contributed by atoms with Crippen molar-refractivity contribution in [3.8, 4) is 0 Å². The molecule has 0 aromatic heterocycles. The van der Waals surface area contributed by atoms with Gasteiger partial charge < -0.3 is 10.6 Å². The Labute approximate surface area is 186 Å². The van der Waals surface area contributed by atoms with E-state index in [-0.39, 0.29) is 35.8 Å². The smallest absolute Gasteiger partial charge is 0.191 e. The number of hydrogen-bond acceptors (Lipinski definition) is 4. The lowest BCUT2D eigenvalue weighted by atomic mass is 10.1. The second-order valence-electron chi connectivity index (χ2n) is 6.03. The SMILES string of the molecule is CCNC(=NCC(c1ccccc1Cl)N(CC)CC)NCCS(C)(=O)=O.I. The van der Waals surface area contributed by atoms with Gasteiger partial charge in [0.2, 0.25) is 0 Å². The fourth-order valence-electron chi connectivity index (χ4n) is 2.69. The van der Waals surface area contributed by atoms with Crippen LogP contribution < -0.4 is 10.6 Å². The van der Waals surface area contributed by atoms with Crippen molar-refractivity contribution >= 4 is 51.4 Å². The number of benzene rings is 1. The summed E-state index contributed by atoms with van der Waals surface area (Å²) in [7, 11) is -3.01. The van der Waals surface area contributed by atoms with E-state index >= 15 is 0 Å². The minimum atomic E-state index is -3.01. The molecule has 27 heavy (non-hydrogen) atoms. The molecule has 0 aliphatic carbocycles. The number of guanidine groups is 1. The van der Waals surface area contributed by atoms with E-state index < -0.39 is 9.84 Å². The standard InChI is InChI=1S/C18H31ClN4O2S.HI/c1-5-20-18(21-12-13-26(4,24)25)22-14-17(23(6-2)7-3)15-10-8-9-11-16(15)19;/h8-11,17H,5-7,12-14H2,1-4H3,(H2,20,21,22);1H. The molecule has 156 valence electrons. The van der Waals surface area contributed by atoms with E-state index in [1.54, 1.807) is 0 Å². The van der Waals surface area contributed by atoms with Crippen molar-refractivity contribution in [1.29, 1.82) is 0 Å². The van der Waals surface area contributed by atoms with Gasteiger partial charge in [-0.1, -0.05) is 43.6 Å². The van der Waals surface area contributed by atoms with Gasteiger partial charge in [0.25, 0.3) is 0 Å². The average molecular weight is 531 g/mol. The first-order valence-electron chi connectivity index (χ1n) is 9.00. The van der Waals surface area contributed by atoms with Crippen LogP contribution in [0.1, 0.15) is 32.4 Å². The minimum absolute atomic E-state index is 0. The highest BCUT2D eigenvalue weighted by atomic mass is 127. The van der Waals surface area contributed by atoms with Crippen molar-refractivity contribution in [2.45, 2.75) is 26.8 Å². The van der Waals surface area contributed by atoms with E-state index in [0.717, 1.165) is 23.7 Å². The van der Waals surface area contributed by atoms with Crippen molar-refractivity contribution < 1.29 is 8.42 Å². The third-order valence-corrected chi connectivity index (χ3v) is 5.34. The zero-order valence-electron chi connectivity index (χ0n) is 16.5. The fourth-order valence-corrected chi connectivity index (χ4v) is 3.43. The molecule has 9 heteroatoms. The molecule has 2 N–H and O–H groups in total. The Bertz CT molecular complexity index is 682. The third kappa shape index (κ3) is 9.96. The molecule has 0 saturated heterocycles. The third-order valence-electron chi connectivity index (χ3n) is 4.05. The zero-order chi connectivity index (χ0) is 19.6. The van der Waals surface area contributed by atoms with Gasteiger partial charge in [-0.05, 0) is 31.6 Å². The highest BCUT2D eigenvalue weighted by molar-refractivity contribution is 14.0. The normalized spacial score (nSPS) is 13.2. The molecule has 0 aliphatic rings. The monoisotopic (exact) mass is 530 g/mol.